The topological polar surface area (TPSA) is 83.5 Å². The first-order valence-electron chi connectivity index (χ1n) is 9.94. The Bertz CT molecular complexity index is 1080. The van der Waals surface area contributed by atoms with Crippen molar-refractivity contribution in [2.24, 2.45) is 5.92 Å². The van der Waals surface area contributed by atoms with E-state index in [1.165, 1.54) is 0 Å². The van der Waals surface area contributed by atoms with Crippen LogP contribution in [0.1, 0.15) is 38.6 Å². The Morgan fingerprint density at radius 3 is 2.69 bits per heavy atom. The van der Waals surface area contributed by atoms with E-state index < -0.39 is 0 Å². The van der Waals surface area contributed by atoms with Crippen molar-refractivity contribution in [2.45, 2.75) is 40.2 Å². The molecule has 0 fully saturated rings. The summed E-state index contributed by atoms with van der Waals surface area (Å²) >= 11 is 0. The van der Waals surface area contributed by atoms with Gasteiger partial charge in [-0.05, 0) is 49.1 Å². The highest BCUT2D eigenvalue weighted by Gasteiger charge is 2.11. The van der Waals surface area contributed by atoms with Crippen molar-refractivity contribution < 1.29 is 4.74 Å². The molecule has 0 saturated carbocycles. The molecule has 1 aromatic carbocycles. The molecule has 3 heterocycles. The number of hydrogen-bond acceptors (Lipinski definition) is 6. The molecule has 0 N–H and O–H groups in total. The molecule has 3 aromatic heterocycles. The summed E-state index contributed by atoms with van der Waals surface area (Å²) in [7, 11) is 0. The summed E-state index contributed by atoms with van der Waals surface area (Å²) in [4.78, 5) is 9.15. The van der Waals surface area contributed by atoms with Crippen LogP contribution in [0.5, 0.6) is 5.75 Å². The molecule has 8 heteroatoms. The Hall–Kier alpha value is -3.29. The number of fused-ring (bicyclic) bond motifs is 1. The summed E-state index contributed by atoms with van der Waals surface area (Å²) in [5, 5.41) is 12.9. The van der Waals surface area contributed by atoms with Gasteiger partial charge in [0.15, 0.2) is 11.2 Å². The summed E-state index contributed by atoms with van der Waals surface area (Å²) < 4.78 is 9.21. The molecule has 0 saturated heterocycles. The minimum Gasteiger partial charge on any atom is -0.494 e. The second-order valence-corrected chi connectivity index (χ2v) is 7.39. The van der Waals surface area contributed by atoms with Crippen LogP contribution in [0.25, 0.3) is 16.9 Å². The number of aromatic nitrogens is 7. The van der Waals surface area contributed by atoms with Gasteiger partial charge in [-0.2, -0.15) is 9.78 Å². The van der Waals surface area contributed by atoms with Crippen LogP contribution in [0.4, 0.5) is 0 Å². The van der Waals surface area contributed by atoms with Gasteiger partial charge in [0.05, 0.1) is 24.7 Å². The fraction of sp³-hybridized carbons (Fsp3) is 0.381. The number of benzene rings is 1. The molecule has 0 bridgehead atoms. The van der Waals surface area contributed by atoms with Gasteiger partial charge in [-0.1, -0.05) is 19.1 Å². The molecule has 0 aliphatic rings. The van der Waals surface area contributed by atoms with Crippen molar-refractivity contribution in [3.63, 3.8) is 0 Å². The molecule has 0 spiro atoms. The number of nitrogens with zero attached hydrogens (tertiary/aromatic N) is 7. The minimum atomic E-state index is 0.617. The summed E-state index contributed by atoms with van der Waals surface area (Å²) in [5.74, 6) is 2.20. The molecule has 0 atom stereocenters. The van der Waals surface area contributed by atoms with E-state index >= 15 is 0 Å². The maximum absolute atomic E-state index is 5.50. The van der Waals surface area contributed by atoms with Crippen LogP contribution in [-0.4, -0.2) is 41.3 Å². The monoisotopic (exact) mass is 391 g/mol. The van der Waals surface area contributed by atoms with Crippen molar-refractivity contribution in [1.29, 1.82) is 0 Å². The van der Waals surface area contributed by atoms with E-state index in [1.807, 2.05) is 42.1 Å². The fourth-order valence-corrected chi connectivity index (χ4v) is 3.07. The van der Waals surface area contributed by atoms with E-state index in [0.29, 0.717) is 30.1 Å². The molecule has 0 radical (unpaired) electrons. The lowest BCUT2D eigenvalue weighted by Crippen LogP contribution is -2.02. The van der Waals surface area contributed by atoms with Crippen LogP contribution in [0, 0.1) is 5.92 Å². The third kappa shape index (κ3) is 4.42. The number of hydrogen-bond donors (Lipinski definition) is 0. The molecule has 0 aliphatic heterocycles. The lowest BCUT2D eigenvalue weighted by Gasteiger charge is -2.05. The first-order chi connectivity index (χ1) is 14.1. The molecular formula is C21H25N7O. The zero-order valence-corrected chi connectivity index (χ0v) is 17.0. The molecule has 0 unspecified atom stereocenters. The van der Waals surface area contributed by atoms with Gasteiger partial charge < -0.3 is 4.74 Å². The van der Waals surface area contributed by atoms with Crippen molar-refractivity contribution >= 4 is 11.2 Å². The van der Waals surface area contributed by atoms with Crippen molar-refractivity contribution in [3.8, 4) is 11.4 Å². The van der Waals surface area contributed by atoms with E-state index in [9.17, 15) is 0 Å². The van der Waals surface area contributed by atoms with Gasteiger partial charge in [0.1, 0.15) is 11.6 Å². The smallest absolute Gasteiger partial charge is 0.187 e. The van der Waals surface area contributed by atoms with E-state index in [-0.39, 0.29) is 0 Å². The quantitative estimate of drug-likeness (QED) is 0.457. The highest BCUT2D eigenvalue weighted by atomic mass is 16.5. The number of rotatable bonds is 8. The average Bonchev–Trinajstić information content (AvgIpc) is 3.34. The Morgan fingerprint density at radius 2 is 1.93 bits per heavy atom. The van der Waals surface area contributed by atoms with Gasteiger partial charge in [-0.3, -0.25) is 4.68 Å². The normalized spacial score (nSPS) is 11.4. The van der Waals surface area contributed by atoms with Crippen LogP contribution in [-0.2, 0) is 13.0 Å². The standard InChI is InChI=1S/C21H25N7O/c1-4-29-18-7-5-17(6-8-18)28-21-19(25-26-28)13-22-20(24-21)11-16-12-23-27(14-16)10-9-15(2)3/h5-8,12-15H,4,9-11H2,1-3H3. The average molecular weight is 391 g/mol. The zero-order valence-electron chi connectivity index (χ0n) is 17.0. The van der Waals surface area contributed by atoms with Crippen molar-refractivity contribution in [2.75, 3.05) is 6.61 Å². The third-order valence-corrected chi connectivity index (χ3v) is 4.62. The highest BCUT2D eigenvalue weighted by Crippen LogP contribution is 2.18. The number of aryl methyl sites for hydroxylation is 1. The Balaban J connectivity index is 1.55. The highest BCUT2D eigenvalue weighted by molar-refractivity contribution is 5.70. The first-order valence-corrected chi connectivity index (χ1v) is 9.94. The second kappa shape index (κ2) is 8.38. The molecule has 0 aliphatic carbocycles. The Morgan fingerprint density at radius 1 is 1.10 bits per heavy atom. The van der Waals surface area contributed by atoms with Gasteiger partial charge in [0, 0.05) is 19.2 Å². The van der Waals surface area contributed by atoms with Gasteiger partial charge in [-0.15, -0.1) is 5.10 Å². The first kappa shape index (κ1) is 19.0. The Kier molecular flexibility index (Phi) is 5.50. The predicted octanol–water partition coefficient (Wildman–Crippen LogP) is 3.44. The van der Waals surface area contributed by atoms with Crippen LogP contribution < -0.4 is 4.74 Å². The van der Waals surface area contributed by atoms with Crippen LogP contribution in [0.3, 0.4) is 0 Å². The van der Waals surface area contributed by atoms with Crippen LogP contribution in [0.15, 0.2) is 42.9 Å². The van der Waals surface area contributed by atoms with Crippen LogP contribution >= 0.6 is 0 Å². The number of ether oxygens (including phenoxy) is 1. The van der Waals surface area contributed by atoms with Crippen molar-refractivity contribution in [3.05, 3.63) is 54.2 Å². The van der Waals surface area contributed by atoms with E-state index in [2.05, 4.69) is 40.4 Å². The lowest BCUT2D eigenvalue weighted by atomic mass is 10.1. The SMILES string of the molecule is CCOc1ccc(-n2nnc3cnc(Cc4cnn(CCC(C)C)c4)nc32)cc1. The predicted molar refractivity (Wildman–Crippen MR) is 110 cm³/mol. The summed E-state index contributed by atoms with van der Waals surface area (Å²) in [5.41, 5.74) is 3.32. The van der Waals surface area contributed by atoms with Gasteiger partial charge in [0.25, 0.3) is 0 Å². The van der Waals surface area contributed by atoms with Gasteiger partial charge in [-0.25, -0.2) is 9.97 Å². The largest absolute Gasteiger partial charge is 0.494 e. The molecule has 4 rings (SSSR count). The molecule has 0 amide bonds. The minimum absolute atomic E-state index is 0.617. The van der Waals surface area contributed by atoms with E-state index in [4.69, 9.17) is 9.72 Å². The lowest BCUT2D eigenvalue weighted by molar-refractivity contribution is 0.340. The van der Waals surface area contributed by atoms with Crippen LogP contribution in [0.2, 0.25) is 0 Å². The van der Waals surface area contributed by atoms with E-state index in [0.717, 1.165) is 35.8 Å². The Labute approximate surface area is 169 Å². The van der Waals surface area contributed by atoms with Crippen molar-refractivity contribution in [1.82, 2.24) is 34.7 Å². The second-order valence-electron chi connectivity index (χ2n) is 7.39. The molecule has 8 nitrogen and oxygen atoms in total. The third-order valence-electron chi connectivity index (χ3n) is 4.62. The van der Waals surface area contributed by atoms with E-state index in [1.54, 1.807) is 10.9 Å². The van der Waals surface area contributed by atoms with Gasteiger partial charge in [0.2, 0.25) is 0 Å². The maximum atomic E-state index is 5.50. The summed E-state index contributed by atoms with van der Waals surface area (Å²) in [6, 6.07) is 7.72. The molecule has 4 aromatic rings. The zero-order chi connectivity index (χ0) is 20.2. The molecule has 29 heavy (non-hydrogen) atoms. The fourth-order valence-electron chi connectivity index (χ4n) is 3.07. The molecular weight excluding hydrogens is 366 g/mol. The summed E-state index contributed by atoms with van der Waals surface area (Å²) in [6.45, 7) is 7.96. The summed E-state index contributed by atoms with van der Waals surface area (Å²) in [6.07, 6.45) is 7.40. The van der Waals surface area contributed by atoms with Gasteiger partial charge >= 0.3 is 0 Å². The molecule has 150 valence electrons. The maximum Gasteiger partial charge on any atom is 0.187 e.